The number of piperidine rings is 2. The second-order valence-electron chi connectivity index (χ2n) is 12.5. The Balaban J connectivity index is 1.19. The van der Waals surface area contributed by atoms with E-state index < -0.39 is 11.9 Å². The molecule has 3 N–H and O–H groups in total. The molecule has 1 atom stereocenters. The van der Waals surface area contributed by atoms with Crippen molar-refractivity contribution in [1.29, 1.82) is 0 Å². The standard InChI is InChI=1S/C32H37N5O4/c1-31(11-4-12-31)30(41)36-15-13-32(2,14-16-36)34-19-20(18-33)17-21-7-8-24-27-22(21)5-3-6-23(27)29(40)37(24)25-9-10-26(38)35-28(25)39/h3,5-8,18-19,25H,4,9-17,33H2,1-2H3,(H,35,38,39)/b20-18-,34-19?. The number of anilines is 1. The summed E-state index contributed by atoms with van der Waals surface area (Å²) in [4.78, 5) is 59.2. The summed E-state index contributed by atoms with van der Waals surface area (Å²) in [5.74, 6) is -0.684. The van der Waals surface area contributed by atoms with Crippen molar-refractivity contribution < 1.29 is 19.2 Å². The molecule has 9 heteroatoms. The highest BCUT2D eigenvalue weighted by Gasteiger charge is 2.44. The highest BCUT2D eigenvalue weighted by molar-refractivity contribution is 6.27. The molecular weight excluding hydrogens is 518 g/mol. The Labute approximate surface area is 239 Å². The summed E-state index contributed by atoms with van der Waals surface area (Å²) in [6.07, 6.45) is 9.20. The maximum atomic E-state index is 13.4. The third-order valence-corrected chi connectivity index (χ3v) is 9.59. The van der Waals surface area contributed by atoms with Crippen LogP contribution in [0.4, 0.5) is 5.69 Å². The van der Waals surface area contributed by atoms with Gasteiger partial charge in [0, 0.05) is 48.5 Å². The van der Waals surface area contributed by atoms with Gasteiger partial charge in [-0.05, 0) is 73.9 Å². The van der Waals surface area contributed by atoms with Gasteiger partial charge in [0.1, 0.15) is 6.04 Å². The van der Waals surface area contributed by atoms with E-state index in [0.29, 0.717) is 30.0 Å². The van der Waals surface area contributed by atoms with Crippen molar-refractivity contribution in [2.45, 2.75) is 76.8 Å². The number of benzene rings is 2. The Bertz CT molecular complexity index is 1510. The van der Waals surface area contributed by atoms with Gasteiger partial charge in [0.05, 0.1) is 11.2 Å². The van der Waals surface area contributed by atoms with E-state index in [1.54, 1.807) is 12.3 Å². The molecule has 0 spiro atoms. The van der Waals surface area contributed by atoms with Gasteiger partial charge in [-0.25, -0.2) is 0 Å². The largest absolute Gasteiger partial charge is 0.404 e. The first-order valence-electron chi connectivity index (χ1n) is 14.6. The Morgan fingerprint density at radius 2 is 1.85 bits per heavy atom. The average Bonchev–Trinajstić information content (AvgIpc) is 3.23. The summed E-state index contributed by atoms with van der Waals surface area (Å²) in [7, 11) is 0. The van der Waals surface area contributed by atoms with Crippen molar-refractivity contribution in [3.05, 3.63) is 53.2 Å². The topological polar surface area (TPSA) is 125 Å². The lowest BCUT2D eigenvalue weighted by molar-refractivity contribution is -0.147. The predicted octanol–water partition coefficient (Wildman–Crippen LogP) is 3.63. The molecule has 4 aliphatic rings. The van der Waals surface area contributed by atoms with E-state index in [1.807, 2.05) is 35.4 Å². The Kier molecular flexibility index (Phi) is 6.71. The Morgan fingerprint density at radius 3 is 2.51 bits per heavy atom. The fourth-order valence-corrected chi connectivity index (χ4v) is 6.69. The number of carbonyl (C=O) groups is 4. The number of rotatable bonds is 6. The van der Waals surface area contributed by atoms with E-state index in [2.05, 4.69) is 19.2 Å². The highest BCUT2D eigenvalue weighted by atomic mass is 16.2. The Hall–Kier alpha value is -4.01. The van der Waals surface area contributed by atoms with Gasteiger partial charge >= 0.3 is 0 Å². The number of hydrogen-bond acceptors (Lipinski definition) is 6. The number of carbonyl (C=O) groups excluding carboxylic acids is 4. The van der Waals surface area contributed by atoms with Gasteiger partial charge in [-0.1, -0.05) is 31.5 Å². The van der Waals surface area contributed by atoms with Crippen LogP contribution < -0.4 is 16.0 Å². The smallest absolute Gasteiger partial charge is 0.259 e. The van der Waals surface area contributed by atoms with Gasteiger partial charge in [-0.2, -0.15) is 0 Å². The minimum atomic E-state index is -0.715. The van der Waals surface area contributed by atoms with Crippen LogP contribution in [0.1, 0.15) is 74.7 Å². The summed E-state index contributed by atoms with van der Waals surface area (Å²) >= 11 is 0. The Morgan fingerprint density at radius 1 is 1.10 bits per heavy atom. The molecule has 1 saturated carbocycles. The first-order chi connectivity index (χ1) is 19.6. The van der Waals surface area contributed by atoms with Crippen LogP contribution >= 0.6 is 0 Å². The van der Waals surface area contributed by atoms with Crippen LogP contribution in [-0.4, -0.2) is 59.4 Å². The normalized spacial score (nSPS) is 23.7. The number of nitrogens with zero attached hydrogens (tertiary/aromatic N) is 3. The molecule has 3 aliphatic heterocycles. The molecule has 214 valence electrons. The maximum absolute atomic E-state index is 13.4. The van der Waals surface area contributed by atoms with Crippen molar-refractivity contribution in [2.75, 3.05) is 18.0 Å². The minimum absolute atomic E-state index is 0.171. The summed E-state index contributed by atoms with van der Waals surface area (Å²) in [5, 5.41) is 4.11. The van der Waals surface area contributed by atoms with E-state index in [1.165, 1.54) is 4.90 Å². The quantitative estimate of drug-likeness (QED) is 0.416. The van der Waals surface area contributed by atoms with Crippen molar-refractivity contribution >= 4 is 46.3 Å². The molecule has 2 saturated heterocycles. The molecule has 3 heterocycles. The fraction of sp³-hybridized carbons (Fsp3) is 0.469. The number of allylic oxidation sites excluding steroid dienone is 1. The SMILES string of the molecule is CC1(N=C/C(=C\N)Cc2ccc3c4c(cccc24)C(=O)N3C2CCC(=O)NC2=O)CCN(C(=O)C2(C)CCC2)CC1. The summed E-state index contributed by atoms with van der Waals surface area (Å²) < 4.78 is 0. The van der Waals surface area contributed by atoms with Crippen LogP contribution in [0.2, 0.25) is 0 Å². The zero-order valence-corrected chi connectivity index (χ0v) is 23.7. The van der Waals surface area contributed by atoms with E-state index in [4.69, 9.17) is 10.7 Å². The van der Waals surface area contributed by atoms with Crippen LogP contribution in [0, 0.1) is 5.41 Å². The van der Waals surface area contributed by atoms with Crippen molar-refractivity contribution in [2.24, 2.45) is 16.1 Å². The zero-order valence-electron chi connectivity index (χ0n) is 23.7. The third kappa shape index (κ3) is 4.71. The summed E-state index contributed by atoms with van der Waals surface area (Å²) in [6.45, 7) is 5.66. The maximum Gasteiger partial charge on any atom is 0.259 e. The number of amides is 4. The van der Waals surface area contributed by atoms with Crippen LogP contribution in [0.3, 0.4) is 0 Å². The van der Waals surface area contributed by atoms with Crippen molar-refractivity contribution in [3.63, 3.8) is 0 Å². The number of likely N-dealkylation sites (tertiary alicyclic amines) is 1. The molecular formula is C32H37N5O4. The van der Waals surface area contributed by atoms with Gasteiger partial charge in [0.15, 0.2) is 0 Å². The fourth-order valence-electron chi connectivity index (χ4n) is 6.69. The molecule has 41 heavy (non-hydrogen) atoms. The summed E-state index contributed by atoms with van der Waals surface area (Å²) in [6, 6.07) is 8.78. The van der Waals surface area contributed by atoms with Crippen LogP contribution in [0.5, 0.6) is 0 Å². The second-order valence-corrected chi connectivity index (χ2v) is 12.5. The van der Waals surface area contributed by atoms with E-state index in [-0.39, 0.29) is 29.2 Å². The predicted molar refractivity (Wildman–Crippen MR) is 158 cm³/mol. The van der Waals surface area contributed by atoms with Crippen LogP contribution in [-0.2, 0) is 20.8 Å². The van der Waals surface area contributed by atoms with E-state index in [0.717, 1.165) is 67.1 Å². The minimum Gasteiger partial charge on any atom is -0.404 e. The number of aliphatic imine (C=N–C) groups is 1. The number of imide groups is 1. The zero-order chi connectivity index (χ0) is 28.9. The van der Waals surface area contributed by atoms with Gasteiger partial charge in [-0.15, -0.1) is 0 Å². The lowest BCUT2D eigenvalue weighted by Crippen LogP contribution is -2.53. The molecule has 0 bridgehead atoms. The first kappa shape index (κ1) is 27.2. The molecule has 0 aromatic heterocycles. The molecule has 4 amide bonds. The molecule has 3 fully saturated rings. The van der Waals surface area contributed by atoms with Gasteiger partial charge in [0.25, 0.3) is 5.91 Å². The third-order valence-electron chi connectivity index (χ3n) is 9.59. The average molecular weight is 556 g/mol. The number of nitrogens with two attached hydrogens (primary N) is 1. The van der Waals surface area contributed by atoms with Crippen molar-refractivity contribution in [3.8, 4) is 0 Å². The van der Waals surface area contributed by atoms with Crippen LogP contribution in [0.25, 0.3) is 10.8 Å². The summed E-state index contributed by atoms with van der Waals surface area (Å²) in [5.41, 5.74) is 8.73. The molecule has 1 aliphatic carbocycles. The van der Waals surface area contributed by atoms with Crippen molar-refractivity contribution in [1.82, 2.24) is 10.2 Å². The monoisotopic (exact) mass is 555 g/mol. The first-order valence-corrected chi connectivity index (χ1v) is 14.6. The van der Waals surface area contributed by atoms with Gasteiger partial charge in [0.2, 0.25) is 17.7 Å². The molecule has 9 nitrogen and oxygen atoms in total. The molecule has 2 aromatic carbocycles. The molecule has 6 rings (SSSR count). The number of nitrogens with one attached hydrogen (secondary N) is 1. The lowest BCUT2D eigenvalue weighted by atomic mass is 9.69. The van der Waals surface area contributed by atoms with E-state index in [9.17, 15) is 19.2 Å². The van der Waals surface area contributed by atoms with Gasteiger partial charge < -0.3 is 10.6 Å². The second kappa shape index (κ2) is 10.1. The highest BCUT2D eigenvalue weighted by Crippen LogP contribution is 2.43. The van der Waals surface area contributed by atoms with Crippen LogP contribution in [0.15, 0.2) is 47.1 Å². The number of hydrogen-bond donors (Lipinski definition) is 2. The lowest BCUT2D eigenvalue weighted by Gasteiger charge is -2.44. The molecule has 0 radical (unpaired) electrons. The molecule has 2 aromatic rings. The van der Waals surface area contributed by atoms with Gasteiger partial charge in [-0.3, -0.25) is 34.4 Å². The molecule has 1 unspecified atom stereocenters. The van der Waals surface area contributed by atoms with E-state index >= 15 is 0 Å².